The van der Waals surface area contributed by atoms with Gasteiger partial charge in [0, 0.05) is 18.2 Å². The summed E-state index contributed by atoms with van der Waals surface area (Å²) in [5.74, 6) is 0.374. The number of hydrogen-bond donors (Lipinski definition) is 1. The first-order valence-electron chi connectivity index (χ1n) is 9.14. The summed E-state index contributed by atoms with van der Waals surface area (Å²) >= 11 is 6.14. The Balaban J connectivity index is 2.04. The molecular formula is C21H19ClF3N3O4. The number of carbonyl (C=O) groups is 1. The third-order valence-electron chi connectivity index (χ3n) is 4.53. The number of methoxy groups -OCH3 is 3. The average molecular weight is 470 g/mol. The molecule has 7 nitrogen and oxygen atoms in total. The van der Waals surface area contributed by atoms with E-state index in [1.54, 1.807) is 6.92 Å². The van der Waals surface area contributed by atoms with E-state index in [1.165, 1.54) is 39.5 Å². The Labute approximate surface area is 186 Å². The normalized spacial score (nSPS) is 11.2. The molecule has 3 aromatic rings. The SMILES string of the molecule is COc1cc(OC)c(C(=O)Nc2cc(C)nn2-c2cc(C(F)(F)F)ccc2Cl)cc1OC. The van der Waals surface area contributed by atoms with Gasteiger partial charge in [0.1, 0.15) is 11.6 Å². The molecule has 0 saturated heterocycles. The van der Waals surface area contributed by atoms with Crippen LogP contribution in [0.4, 0.5) is 19.0 Å². The molecule has 0 spiro atoms. The van der Waals surface area contributed by atoms with Gasteiger partial charge in [-0.05, 0) is 25.1 Å². The highest BCUT2D eigenvalue weighted by Crippen LogP contribution is 2.36. The number of carbonyl (C=O) groups excluding carboxylic acids is 1. The highest BCUT2D eigenvalue weighted by Gasteiger charge is 2.31. The van der Waals surface area contributed by atoms with Gasteiger partial charge >= 0.3 is 6.18 Å². The van der Waals surface area contributed by atoms with Gasteiger partial charge in [0.05, 0.1) is 48.9 Å². The molecule has 32 heavy (non-hydrogen) atoms. The molecule has 0 atom stereocenters. The van der Waals surface area contributed by atoms with Crippen molar-refractivity contribution in [3.63, 3.8) is 0 Å². The van der Waals surface area contributed by atoms with Gasteiger partial charge in [-0.2, -0.15) is 18.3 Å². The highest BCUT2D eigenvalue weighted by molar-refractivity contribution is 6.32. The summed E-state index contributed by atoms with van der Waals surface area (Å²) in [7, 11) is 4.24. The van der Waals surface area contributed by atoms with Crippen LogP contribution in [0.2, 0.25) is 5.02 Å². The molecule has 1 amide bonds. The zero-order valence-electron chi connectivity index (χ0n) is 17.5. The Kier molecular flexibility index (Phi) is 6.54. The van der Waals surface area contributed by atoms with Crippen LogP contribution in [0.5, 0.6) is 17.2 Å². The number of halogens is 4. The predicted octanol–water partition coefficient (Wildman–Crippen LogP) is 5.13. The molecule has 0 unspecified atom stereocenters. The lowest BCUT2D eigenvalue weighted by atomic mass is 10.1. The Morgan fingerprint density at radius 1 is 1.00 bits per heavy atom. The molecule has 0 aliphatic rings. The van der Waals surface area contributed by atoms with Crippen molar-refractivity contribution in [2.75, 3.05) is 26.6 Å². The first kappa shape index (κ1) is 23.3. The monoisotopic (exact) mass is 469 g/mol. The summed E-state index contributed by atoms with van der Waals surface area (Å²) in [6, 6.07) is 7.27. The summed E-state index contributed by atoms with van der Waals surface area (Å²) in [4.78, 5) is 13.0. The smallest absolute Gasteiger partial charge is 0.416 e. The first-order valence-corrected chi connectivity index (χ1v) is 9.52. The van der Waals surface area contributed by atoms with E-state index in [4.69, 9.17) is 25.8 Å². The molecule has 3 rings (SSSR count). The molecule has 0 aliphatic heterocycles. The van der Waals surface area contributed by atoms with Crippen LogP contribution in [0.3, 0.4) is 0 Å². The van der Waals surface area contributed by atoms with Crippen molar-refractivity contribution >= 4 is 23.3 Å². The van der Waals surface area contributed by atoms with Crippen LogP contribution in [0, 0.1) is 6.92 Å². The second-order valence-electron chi connectivity index (χ2n) is 6.61. The number of rotatable bonds is 6. The largest absolute Gasteiger partial charge is 0.496 e. The predicted molar refractivity (Wildman–Crippen MR) is 112 cm³/mol. The van der Waals surface area contributed by atoms with E-state index < -0.39 is 17.6 Å². The van der Waals surface area contributed by atoms with Gasteiger partial charge in [-0.25, -0.2) is 4.68 Å². The molecule has 0 saturated carbocycles. The lowest BCUT2D eigenvalue weighted by molar-refractivity contribution is -0.137. The van der Waals surface area contributed by atoms with Crippen molar-refractivity contribution in [2.24, 2.45) is 0 Å². The maximum Gasteiger partial charge on any atom is 0.416 e. The van der Waals surface area contributed by atoms with E-state index in [0.717, 1.165) is 22.9 Å². The van der Waals surface area contributed by atoms with Crippen LogP contribution in [0.15, 0.2) is 36.4 Å². The minimum Gasteiger partial charge on any atom is -0.496 e. The molecule has 1 N–H and O–H groups in total. The van der Waals surface area contributed by atoms with Gasteiger partial charge in [0.15, 0.2) is 11.5 Å². The van der Waals surface area contributed by atoms with Crippen LogP contribution in [0.1, 0.15) is 21.6 Å². The fraction of sp³-hybridized carbons (Fsp3) is 0.238. The number of nitrogens with zero attached hydrogens (tertiary/aromatic N) is 2. The molecule has 170 valence electrons. The Hall–Kier alpha value is -3.40. The van der Waals surface area contributed by atoms with Gasteiger partial charge in [0.2, 0.25) is 0 Å². The topological polar surface area (TPSA) is 74.6 Å². The summed E-state index contributed by atoms with van der Waals surface area (Å²) < 4.78 is 56.4. The van der Waals surface area contributed by atoms with Crippen molar-refractivity contribution in [2.45, 2.75) is 13.1 Å². The quantitative estimate of drug-likeness (QED) is 0.541. The number of alkyl halides is 3. The van der Waals surface area contributed by atoms with E-state index in [1.807, 2.05) is 0 Å². The van der Waals surface area contributed by atoms with Crippen LogP contribution in [-0.2, 0) is 6.18 Å². The maximum atomic E-state index is 13.2. The van der Waals surface area contributed by atoms with E-state index in [0.29, 0.717) is 17.2 Å². The number of aromatic nitrogens is 2. The van der Waals surface area contributed by atoms with Crippen molar-refractivity contribution < 1.29 is 32.2 Å². The molecule has 0 radical (unpaired) electrons. The second-order valence-corrected chi connectivity index (χ2v) is 7.02. The number of amides is 1. The summed E-state index contributed by atoms with van der Waals surface area (Å²) in [6.45, 7) is 1.63. The van der Waals surface area contributed by atoms with Crippen LogP contribution in [0.25, 0.3) is 5.69 Å². The van der Waals surface area contributed by atoms with Crippen molar-refractivity contribution in [3.05, 3.63) is 58.2 Å². The second kappa shape index (κ2) is 8.99. The van der Waals surface area contributed by atoms with Crippen molar-refractivity contribution in [3.8, 4) is 22.9 Å². The fourth-order valence-corrected chi connectivity index (χ4v) is 3.21. The Bertz CT molecular complexity index is 1160. The molecule has 11 heteroatoms. The van der Waals surface area contributed by atoms with Crippen molar-refractivity contribution in [1.29, 1.82) is 0 Å². The lowest BCUT2D eigenvalue weighted by Gasteiger charge is -2.15. The van der Waals surface area contributed by atoms with Crippen LogP contribution in [-0.4, -0.2) is 37.0 Å². The molecule has 1 aromatic heterocycles. The number of aryl methyl sites for hydroxylation is 1. The molecular weight excluding hydrogens is 451 g/mol. The van der Waals surface area contributed by atoms with Crippen molar-refractivity contribution in [1.82, 2.24) is 9.78 Å². The van der Waals surface area contributed by atoms with Crippen LogP contribution < -0.4 is 19.5 Å². The van der Waals surface area contributed by atoms with Gasteiger partial charge in [-0.15, -0.1) is 0 Å². The minimum absolute atomic E-state index is 0.0281. The number of hydrogen-bond acceptors (Lipinski definition) is 5. The van der Waals surface area contributed by atoms with E-state index >= 15 is 0 Å². The summed E-state index contributed by atoms with van der Waals surface area (Å²) in [5.41, 5.74) is -0.369. The zero-order valence-corrected chi connectivity index (χ0v) is 18.3. The fourth-order valence-electron chi connectivity index (χ4n) is 3.01. The van der Waals surface area contributed by atoms with Gasteiger partial charge < -0.3 is 19.5 Å². The molecule has 2 aromatic carbocycles. The van der Waals surface area contributed by atoms with Gasteiger partial charge in [-0.3, -0.25) is 4.79 Å². The summed E-state index contributed by atoms with van der Waals surface area (Å²) in [6.07, 6.45) is -4.57. The molecule has 0 bridgehead atoms. The summed E-state index contributed by atoms with van der Waals surface area (Å²) in [5, 5.41) is 6.86. The first-order chi connectivity index (χ1) is 15.1. The standard InChI is InChI=1S/C21H19ClF3N3O4/c1-11-7-19(28(27-11)15-8-12(21(23,24)25)5-6-14(15)22)26-20(29)13-9-17(31-3)18(32-4)10-16(13)30-2/h5-10H,1-4H3,(H,26,29). The van der Waals surface area contributed by atoms with Gasteiger partial charge in [-0.1, -0.05) is 11.6 Å². The number of nitrogens with one attached hydrogen (secondary N) is 1. The molecule has 1 heterocycles. The Morgan fingerprint density at radius 2 is 1.62 bits per heavy atom. The highest BCUT2D eigenvalue weighted by atomic mass is 35.5. The third-order valence-corrected chi connectivity index (χ3v) is 4.84. The number of anilines is 1. The lowest BCUT2D eigenvalue weighted by Crippen LogP contribution is -2.17. The number of ether oxygens (including phenoxy) is 3. The molecule has 0 aliphatic carbocycles. The third kappa shape index (κ3) is 4.59. The van der Waals surface area contributed by atoms with Gasteiger partial charge in [0.25, 0.3) is 5.91 Å². The Morgan fingerprint density at radius 3 is 2.22 bits per heavy atom. The van der Waals surface area contributed by atoms with Crippen LogP contribution >= 0.6 is 11.6 Å². The average Bonchev–Trinajstić information content (AvgIpc) is 3.11. The molecule has 0 fully saturated rings. The van der Waals surface area contributed by atoms with E-state index in [2.05, 4.69) is 10.4 Å². The van der Waals surface area contributed by atoms with E-state index in [-0.39, 0.29) is 27.8 Å². The number of benzene rings is 2. The zero-order chi connectivity index (χ0) is 23.6. The maximum absolute atomic E-state index is 13.2. The minimum atomic E-state index is -4.57. The van der Waals surface area contributed by atoms with E-state index in [9.17, 15) is 18.0 Å².